The van der Waals surface area contributed by atoms with Crippen LogP contribution in [-0.2, 0) is 10.0 Å². The Morgan fingerprint density at radius 2 is 1.81 bits per heavy atom. The summed E-state index contributed by atoms with van der Waals surface area (Å²) in [5, 5.41) is 10.8. The molecule has 0 aromatic heterocycles. The van der Waals surface area contributed by atoms with Crippen molar-refractivity contribution >= 4 is 32.5 Å². The van der Waals surface area contributed by atoms with Gasteiger partial charge >= 0.3 is 5.97 Å². The van der Waals surface area contributed by atoms with Crippen molar-refractivity contribution in [1.82, 2.24) is 0 Å². The Hall–Kier alpha value is -3.06. The average molecular weight is 371 g/mol. The molecule has 0 amide bonds. The molecule has 134 valence electrons. The molecule has 0 unspecified atom stereocenters. The predicted octanol–water partition coefficient (Wildman–Crippen LogP) is 3.66. The Bertz CT molecular complexity index is 1110. The van der Waals surface area contributed by atoms with E-state index in [1.165, 1.54) is 19.2 Å². The minimum absolute atomic E-state index is 0.000223. The maximum absolute atomic E-state index is 12.9. The number of anilines is 1. The summed E-state index contributed by atoms with van der Waals surface area (Å²) in [4.78, 5) is 11.7. The number of benzene rings is 3. The average Bonchev–Trinajstić information content (AvgIpc) is 2.60. The molecule has 0 radical (unpaired) electrons. The summed E-state index contributed by atoms with van der Waals surface area (Å²) in [5.74, 6) is -1.03. The molecule has 0 atom stereocenters. The van der Waals surface area contributed by atoms with Crippen molar-refractivity contribution in [2.45, 2.75) is 11.8 Å². The van der Waals surface area contributed by atoms with Crippen LogP contribution in [0.4, 0.5) is 5.69 Å². The molecule has 0 aliphatic heterocycles. The number of carbonyl (C=O) groups is 1. The Kier molecular flexibility index (Phi) is 4.56. The molecule has 6 nitrogen and oxygen atoms in total. The van der Waals surface area contributed by atoms with Crippen molar-refractivity contribution in [3.05, 3.63) is 65.7 Å². The number of fused-ring (bicyclic) bond motifs is 1. The molecule has 3 rings (SSSR count). The van der Waals surface area contributed by atoms with E-state index in [1.54, 1.807) is 49.4 Å². The number of aromatic carboxylic acids is 1. The van der Waals surface area contributed by atoms with E-state index in [4.69, 9.17) is 4.74 Å². The van der Waals surface area contributed by atoms with Crippen LogP contribution >= 0.6 is 0 Å². The molecule has 0 heterocycles. The first-order valence-corrected chi connectivity index (χ1v) is 9.24. The monoisotopic (exact) mass is 371 g/mol. The lowest BCUT2D eigenvalue weighted by atomic mass is 10.0. The van der Waals surface area contributed by atoms with Crippen LogP contribution in [0, 0.1) is 6.92 Å². The highest BCUT2D eigenvalue weighted by molar-refractivity contribution is 7.92. The first-order chi connectivity index (χ1) is 12.3. The molecule has 7 heteroatoms. The Labute approximate surface area is 151 Å². The van der Waals surface area contributed by atoms with Crippen molar-refractivity contribution in [1.29, 1.82) is 0 Å². The highest BCUT2D eigenvalue weighted by Crippen LogP contribution is 2.31. The summed E-state index contributed by atoms with van der Waals surface area (Å²) in [6, 6.07) is 14.8. The van der Waals surface area contributed by atoms with E-state index in [9.17, 15) is 18.3 Å². The van der Waals surface area contributed by atoms with Gasteiger partial charge in [-0.1, -0.05) is 36.4 Å². The van der Waals surface area contributed by atoms with Crippen LogP contribution < -0.4 is 9.46 Å². The largest absolute Gasteiger partial charge is 0.495 e. The normalized spacial score (nSPS) is 11.3. The van der Waals surface area contributed by atoms with Crippen LogP contribution in [0.3, 0.4) is 0 Å². The molecule has 0 saturated heterocycles. The molecule has 0 spiro atoms. The van der Waals surface area contributed by atoms with Gasteiger partial charge in [-0.2, -0.15) is 0 Å². The third-order valence-corrected chi connectivity index (χ3v) is 5.38. The van der Waals surface area contributed by atoms with Gasteiger partial charge in [0.2, 0.25) is 0 Å². The highest BCUT2D eigenvalue weighted by atomic mass is 32.2. The van der Waals surface area contributed by atoms with Crippen LogP contribution in [0.2, 0.25) is 0 Å². The van der Waals surface area contributed by atoms with Gasteiger partial charge < -0.3 is 9.84 Å². The molecular weight excluding hydrogens is 354 g/mol. The van der Waals surface area contributed by atoms with Gasteiger partial charge in [-0.15, -0.1) is 0 Å². The molecule has 0 aliphatic carbocycles. The van der Waals surface area contributed by atoms with Crippen LogP contribution in [0.1, 0.15) is 15.9 Å². The van der Waals surface area contributed by atoms with Gasteiger partial charge in [0.25, 0.3) is 10.0 Å². The zero-order valence-corrected chi connectivity index (χ0v) is 15.0. The van der Waals surface area contributed by atoms with Gasteiger partial charge in [0.05, 0.1) is 18.4 Å². The molecule has 0 saturated carbocycles. The van der Waals surface area contributed by atoms with E-state index in [0.717, 1.165) is 5.56 Å². The number of rotatable bonds is 5. The number of methoxy groups -OCH3 is 1. The van der Waals surface area contributed by atoms with Gasteiger partial charge in [0, 0.05) is 0 Å². The first kappa shape index (κ1) is 17.8. The molecule has 2 N–H and O–H groups in total. The number of hydrogen-bond acceptors (Lipinski definition) is 4. The third-order valence-electron chi connectivity index (χ3n) is 4.00. The van der Waals surface area contributed by atoms with Gasteiger partial charge in [0.1, 0.15) is 10.6 Å². The molecule has 3 aromatic rings. The van der Waals surface area contributed by atoms with Gasteiger partial charge in [-0.25, -0.2) is 13.2 Å². The van der Waals surface area contributed by atoms with E-state index in [2.05, 4.69) is 4.72 Å². The zero-order chi connectivity index (χ0) is 18.9. The van der Waals surface area contributed by atoms with E-state index in [-0.39, 0.29) is 21.9 Å². The molecule has 3 aromatic carbocycles. The zero-order valence-electron chi connectivity index (χ0n) is 14.2. The fraction of sp³-hybridized carbons (Fsp3) is 0.105. The number of sulfonamides is 1. The highest BCUT2D eigenvalue weighted by Gasteiger charge is 2.23. The lowest BCUT2D eigenvalue weighted by Crippen LogP contribution is -2.17. The van der Waals surface area contributed by atoms with E-state index < -0.39 is 16.0 Å². The lowest BCUT2D eigenvalue weighted by Gasteiger charge is -2.15. The number of nitrogens with one attached hydrogen (secondary N) is 1. The summed E-state index contributed by atoms with van der Waals surface area (Å²) < 4.78 is 33.2. The minimum atomic E-state index is -4.04. The van der Waals surface area contributed by atoms with Crippen molar-refractivity contribution in [2.75, 3.05) is 11.8 Å². The molecular formula is C19H17NO5S. The van der Waals surface area contributed by atoms with Crippen LogP contribution in [0.25, 0.3) is 10.8 Å². The second-order valence-electron chi connectivity index (χ2n) is 5.77. The maximum atomic E-state index is 12.9. The van der Waals surface area contributed by atoms with Crippen molar-refractivity contribution in [3.8, 4) is 5.75 Å². The number of carboxylic acids is 1. The lowest BCUT2D eigenvalue weighted by molar-refractivity contribution is 0.0700. The van der Waals surface area contributed by atoms with Gasteiger partial charge in [-0.3, -0.25) is 4.72 Å². The summed E-state index contributed by atoms with van der Waals surface area (Å²) in [6.07, 6.45) is 0. The fourth-order valence-corrected chi connectivity index (χ4v) is 4.11. The summed E-state index contributed by atoms with van der Waals surface area (Å²) in [6.45, 7) is 1.76. The standard InChI is InChI=1S/C19H17NO5S/c1-12-7-10-16(25-2)17(11-12)26(23,24)20-15-9-8-13-5-3-4-6-14(13)18(15)19(21)22/h3-11,20H,1-2H3,(H,21,22). The smallest absolute Gasteiger partial charge is 0.338 e. The van der Waals surface area contributed by atoms with Crippen molar-refractivity contribution in [3.63, 3.8) is 0 Å². The van der Waals surface area contributed by atoms with Crippen molar-refractivity contribution < 1.29 is 23.1 Å². The second kappa shape index (κ2) is 6.68. The van der Waals surface area contributed by atoms with Crippen LogP contribution in [0.15, 0.2) is 59.5 Å². The number of hydrogen-bond donors (Lipinski definition) is 2. The second-order valence-corrected chi connectivity index (χ2v) is 7.43. The fourth-order valence-electron chi connectivity index (χ4n) is 2.78. The number of aryl methyl sites for hydroxylation is 1. The summed E-state index contributed by atoms with van der Waals surface area (Å²) in [5.41, 5.74) is 0.640. The van der Waals surface area contributed by atoms with Crippen LogP contribution in [-0.4, -0.2) is 26.6 Å². The Balaban J connectivity index is 2.16. The minimum Gasteiger partial charge on any atom is -0.495 e. The van der Waals surface area contributed by atoms with Crippen molar-refractivity contribution in [2.24, 2.45) is 0 Å². The SMILES string of the molecule is COc1ccc(C)cc1S(=O)(=O)Nc1ccc2ccccc2c1C(=O)O. The molecule has 0 fully saturated rings. The Morgan fingerprint density at radius 1 is 1.08 bits per heavy atom. The van der Waals surface area contributed by atoms with E-state index in [0.29, 0.717) is 10.8 Å². The Morgan fingerprint density at radius 3 is 2.50 bits per heavy atom. The number of ether oxygens (including phenoxy) is 1. The number of carboxylic acid groups (broad SMARTS) is 1. The summed E-state index contributed by atoms with van der Waals surface area (Å²) in [7, 11) is -2.66. The van der Waals surface area contributed by atoms with E-state index >= 15 is 0 Å². The molecule has 26 heavy (non-hydrogen) atoms. The van der Waals surface area contributed by atoms with Crippen LogP contribution in [0.5, 0.6) is 5.75 Å². The van der Waals surface area contributed by atoms with E-state index in [1.807, 2.05) is 0 Å². The van der Waals surface area contributed by atoms with Gasteiger partial charge in [-0.05, 0) is 41.5 Å². The quantitative estimate of drug-likeness (QED) is 0.714. The molecule has 0 bridgehead atoms. The topological polar surface area (TPSA) is 92.7 Å². The van der Waals surface area contributed by atoms with Gasteiger partial charge in [0.15, 0.2) is 0 Å². The first-order valence-electron chi connectivity index (χ1n) is 7.76. The predicted molar refractivity (Wildman–Crippen MR) is 99.4 cm³/mol. The summed E-state index contributed by atoms with van der Waals surface area (Å²) >= 11 is 0. The maximum Gasteiger partial charge on any atom is 0.338 e. The molecule has 0 aliphatic rings. The third kappa shape index (κ3) is 3.21.